The minimum Gasteiger partial charge on any atom is -0.493 e. The van der Waals surface area contributed by atoms with Crippen LogP contribution in [0.1, 0.15) is 23.4 Å². The molecule has 1 aliphatic heterocycles. The van der Waals surface area contributed by atoms with Gasteiger partial charge in [0.25, 0.3) is 0 Å². The van der Waals surface area contributed by atoms with Crippen LogP contribution in [-0.4, -0.2) is 16.4 Å². The summed E-state index contributed by atoms with van der Waals surface area (Å²) >= 11 is 0. The Labute approximate surface area is 118 Å². The maximum Gasteiger partial charge on any atom is 0.124 e. The first-order chi connectivity index (χ1) is 9.64. The summed E-state index contributed by atoms with van der Waals surface area (Å²) in [5.74, 6) is 0.833. The Morgan fingerprint density at radius 1 is 1.45 bits per heavy atom. The van der Waals surface area contributed by atoms with Gasteiger partial charge in [-0.15, -0.1) is 0 Å². The fourth-order valence-corrected chi connectivity index (χ4v) is 2.94. The van der Waals surface area contributed by atoms with Crippen molar-refractivity contribution in [1.29, 1.82) is 5.26 Å². The van der Waals surface area contributed by atoms with Gasteiger partial charge in [0.15, 0.2) is 0 Å². The highest BCUT2D eigenvalue weighted by Crippen LogP contribution is 2.40. The Hall–Kier alpha value is -2.28. The smallest absolute Gasteiger partial charge is 0.124 e. The third-order valence-electron chi connectivity index (χ3n) is 3.98. The Morgan fingerprint density at radius 3 is 2.95 bits per heavy atom. The van der Waals surface area contributed by atoms with Crippen LogP contribution in [0.15, 0.2) is 30.3 Å². The molecule has 2 aromatic rings. The number of nitriles is 1. The maximum atomic E-state index is 9.81. The molecule has 0 bridgehead atoms. The molecular formula is C16H17N3O. The van der Waals surface area contributed by atoms with Crippen molar-refractivity contribution < 1.29 is 4.74 Å². The zero-order valence-electron chi connectivity index (χ0n) is 11.8. The van der Waals surface area contributed by atoms with E-state index in [9.17, 15) is 5.26 Å². The molecule has 0 spiro atoms. The van der Waals surface area contributed by atoms with Gasteiger partial charge in [0, 0.05) is 31.1 Å². The average molecular weight is 267 g/mol. The first-order valence-electron chi connectivity index (χ1n) is 6.78. The molecule has 1 aromatic carbocycles. The normalized spacial score (nSPS) is 20.9. The van der Waals surface area contributed by atoms with Gasteiger partial charge in [0.1, 0.15) is 5.75 Å². The number of nitrogens with zero attached hydrogens (tertiary/aromatic N) is 3. The van der Waals surface area contributed by atoms with Gasteiger partial charge in [-0.2, -0.15) is 10.4 Å². The van der Waals surface area contributed by atoms with Gasteiger partial charge in [0.2, 0.25) is 0 Å². The highest BCUT2D eigenvalue weighted by atomic mass is 16.5. The van der Waals surface area contributed by atoms with E-state index >= 15 is 0 Å². The van der Waals surface area contributed by atoms with E-state index in [4.69, 9.17) is 4.74 Å². The van der Waals surface area contributed by atoms with Crippen molar-refractivity contribution in [2.75, 3.05) is 6.61 Å². The standard InChI is InChI=1S/C16H17N3O/c1-12-9-13(19(2)18-12)10-16(11-17)7-8-20-15-6-4-3-5-14(15)16/h3-6,9H,7-8,10H2,1-2H3. The summed E-state index contributed by atoms with van der Waals surface area (Å²) in [5.41, 5.74) is 2.54. The number of aryl methyl sites for hydroxylation is 2. The summed E-state index contributed by atoms with van der Waals surface area (Å²) in [6.45, 7) is 2.56. The third kappa shape index (κ3) is 1.96. The highest BCUT2D eigenvalue weighted by molar-refractivity contribution is 5.46. The summed E-state index contributed by atoms with van der Waals surface area (Å²) < 4.78 is 7.55. The van der Waals surface area contributed by atoms with Crippen LogP contribution in [0.2, 0.25) is 0 Å². The predicted octanol–water partition coefficient (Wildman–Crippen LogP) is 2.52. The lowest BCUT2D eigenvalue weighted by molar-refractivity contribution is 0.240. The van der Waals surface area contributed by atoms with E-state index in [-0.39, 0.29) is 0 Å². The van der Waals surface area contributed by atoms with Crippen molar-refractivity contribution in [3.05, 3.63) is 47.3 Å². The minimum atomic E-state index is -0.519. The fraction of sp³-hybridized carbons (Fsp3) is 0.375. The molecule has 0 fully saturated rings. The Bertz CT molecular complexity index is 683. The van der Waals surface area contributed by atoms with Crippen LogP contribution in [0, 0.1) is 18.3 Å². The number of hydrogen-bond donors (Lipinski definition) is 0. The number of aromatic nitrogens is 2. The number of para-hydroxylation sites is 1. The van der Waals surface area contributed by atoms with E-state index in [2.05, 4.69) is 17.2 Å². The van der Waals surface area contributed by atoms with Crippen molar-refractivity contribution in [3.63, 3.8) is 0 Å². The zero-order chi connectivity index (χ0) is 14.2. The van der Waals surface area contributed by atoms with Crippen LogP contribution in [0.4, 0.5) is 0 Å². The number of ether oxygens (including phenoxy) is 1. The van der Waals surface area contributed by atoms with E-state index in [0.717, 1.165) is 22.7 Å². The number of rotatable bonds is 2. The summed E-state index contributed by atoms with van der Waals surface area (Å²) in [7, 11) is 1.93. The van der Waals surface area contributed by atoms with Crippen LogP contribution in [0.3, 0.4) is 0 Å². The second-order valence-electron chi connectivity index (χ2n) is 5.37. The molecule has 0 saturated carbocycles. The van der Waals surface area contributed by atoms with Crippen LogP contribution < -0.4 is 4.74 Å². The molecule has 4 nitrogen and oxygen atoms in total. The molecule has 2 heterocycles. The molecule has 0 radical (unpaired) electrons. The summed E-state index contributed by atoms with van der Waals surface area (Å²) in [5, 5.41) is 14.2. The summed E-state index contributed by atoms with van der Waals surface area (Å²) in [6, 6.07) is 12.4. The van der Waals surface area contributed by atoms with E-state index in [0.29, 0.717) is 19.4 Å². The van der Waals surface area contributed by atoms with Gasteiger partial charge < -0.3 is 4.74 Å². The van der Waals surface area contributed by atoms with Crippen molar-refractivity contribution in [2.24, 2.45) is 7.05 Å². The molecule has 0 amide bonds. The topological polar surface area (TPSA) is 50.8 Å². The Morgan fingerprint density at radius 2 is 2.25 bits per heavy atom. The SMILES string of the molecule is Cc1cc(CC2(C#N)CCOc3ccccc32)n(C)n1. The van der Waals surface area contributed by atoms with Gasteiger partial charge >= 0.3 is 0 Å². The second kappa shape index (κ2) is 4.68. The lowest BCUT2D eigenvalue weighted by atomic mass is 9.74. The van der Waals surface area contributed by atoms with Gasteiger partial charge in [-0.05, 0) is 19.1 Å². The van der Waals surface area contributed by atoms with E-state index in [1.54, 1.807) is 0 Å². The van der Waals surface area contributed by atoms with Gasteiger partial charge in [-0.3, -0.25) is 4.68 Å². The molecule has 1 aliphatic rings. The Kier molecular flexibility index (Phi) is 2.98. The first kappa shape index (κ1) is 12.7. The van der Waals surface area contributed by atoms with Crippen LogP contribution in [0.25, 0.3) is 0 Å². The number of benzene rings is 1. The molecule has 102 valence electrons. The number of fused-ring (bicyclic) bond motifs is 1. The highest BCUT2D eigenvalue weighted by Gasteiger charge is 2.38. The van der Waals surface area contributed by atoms with Gasteiger partial charge in [0.05, 0.1) is 23.8 Å². The van der Waals surface area contributed by atoms with Crippen molar-refractivity contribution >= 4 is 0 Å². The van der Waals surface area contributed by atoms with Crippen molar-refractivity contribution in [3.8, 4) is 11.8 Å². The molecule has 0 aliphatic carbocycles. The largest absolute Gasteiger partial charge is 0.493 e. The second-order valence-corrected chi connectivity index (χ2v) is 5.37. The molecular weight excluding hydrogens is 250 g/mol. The molecule has 20 heavy (non-hydrogen) atoms. The summed E-state index contributed by atoms with van der Waals surface area (Å²) in [6.07, 6.45) is 1.38. The van der Waals surface area contributed by atoms with E-state index in [1.807, 2.05) is 42.9 Å². The predicted molar refractivity (Wildman–Crippen MR) is 75.5 cm³/mol. The molecule has 0 N–H and O–H groups in total. The Balaban J connectivity index is 2.06. The molecule has 1 unspecified atom stereocenters. The molecule has 1 atom stereocenters. The first-order valence-corrected chi connectivity index (χ1v) is 6.78. The molecule has 3 rings (SSSR count). The van der Waals surface area contributed by atoms with E-state index in [1.165, 1.54) is 0 Å². The maximum absolute atomic E-state index is 9.81. The van der Waals surface area contributed by atoms with Crippen LogP contribution >= 0.6 is 0 Å². The van der Waals surface area contributed by atoms with Crippen molar-refractivity contribution in [2.45, 2.75) is 25.2 Å². The number of hydrogen-bond acceptors (Lipinski definition) is 3. The third-order valence-corrected chi connectivity index (χ3v) is 3.98. The van der Waals surface area contributed by atoms with Crippen molar-refractivity contribution in [1.82, 2.24) is 9.78 Å². The van der Waals surface area contributed by atoms with Gasteiger partial charge in [-0.25, -0.2) is 0 Å². The van der Waals surface area contributed by atoms with E-state index < -0.39 is 5.41 Å². The summed E-state index contributed by atoms with van der Waals surface area (Å²) in [4.78, 5) is 0. The lowest BCUT2D eigenvalue weighted by Crippen LogP contribution is -2.34. The average Bonchev–Trinajstić information content (AvgIpc) is 2.77. The lowest BCUT2D eigenvalue weighted by Gasteiger charge is -2.33. The fourth-order valence-electron chi connectivity index (χ4n) is 2.94. The monoisotopic (exact) mass is 267 g/mol. The zero-order valence-corrected chi connectivity index (χ0v) is 11.8. The van der Waals surface area contributed by atoms with Crippen LogP contribution in [0.5, 0.6) is 5.75 Å². The van der Waals surface area contributed by atoms with Crippen LogP contribution in [-0.2, 0) is 18.9 Å². The van der Waals surface area contributed by atoms with Gasteiger partial charge in [-0.1, -0.05) is 18.2 Å². The molecule has 1 aromatic heterocycles. The quantitative estimate of drug-likeness (QED) is 0.840. The molecule has 0 saturated heterocycles. The molecule has 4 heteroatoms. The minimum absolute atomic E-state index is 0.519.